The van der Waals surface area contributed by atoms with Crippen LogP contribution in [-0.2, 0) is 32.7 Å². The molecule has 2 unspecified atom stereocenters. The van der Waals surface area contributed by atoms with Crippen molar-refractivity contribution in [2.45, 2.75) is 161 Å². The second-order valence-electron chi connectivity index (χ2n) is 15.5. The number of ether oxygens (including phenoxy) is 2. The van der Waals surface area contributed by atoms with E-state index in [0.717, 1.165) is 77.0 Å². The highest BCUT2D eigenvalue weighted by molar-refractivity contribution is 7.47. The van der Waals surface area contributed by atoms with Crippen LogP contribution in [0.4, 0.5) is 0 Å². The first-order valence-electron chi connectivity index (χ1n) is 21.8. The lowest BCUT2D eigenvalue weighted by Gasteiger charge is -2.24. The zero-order valence-electron chi connectivity index (χ0n) is 36.4. The fourth-order valence-corrected chi connectivity index (χ4v) is 6.12. The smallest absolute Gasteiger partial charge is 0.462 e. The number of phosphoric ester groups is 1. The van der Waals surface area contributed by atoms with Gasteiger partial charge in [-0.3, -0.25) is 18.6 Å². The summed E-state index contributed by atoms with van der Waals surface area (Å²) in [5.74, 6) is -0.908. The van der Waals surface area contributed by atoms with E-state index in [1.54, 1.807) is 6.08 Å². The molecule has 0 heterocycles. The number of carbonyl (C=O) groups is 2. The van der Waals surface area contributed by atoms with Crippen LogP contribution in [0, 0.1) is 0 Å². The monoisotopic (exact) mass is 823 g/mol. The molecule has 10 nitrogen and oxygen atoms in total. The van der Waals surface area contributed by atoms with Gasteiger partial charge < -0.3 is 24.0 Å². The Bertz CT molecular complexity index is 1220. The van der Waals surface area contributed by atoms with Crippen molar-refractivity contribution in [2.75, 3.05) is 47.5 Å². The minimum atomic E-state index is -4.41. The van der Waals surface area contributed by atoms with Crippen molar-refractivity contribution in [3.8, 4) is 0 Å². The molecule has 0 aromatic heterocycles. The van der Waals surface area contributed by atoms with Crippen molar-refractivity contribution in [3.63, 3.8) is 0 Å². The highest BCUT2D eigenvalue weighted by atomic mass is 31.2. The van der Waals surface area contributed by atoms with E-state index in [1.807, 2.05) is 33.3 Å². The number of likely N-dealkylation sites (N-methyl/N-ethyl adjacent to an activating group) is 1. The fourth-order valence-electron chi connectivity index (χ4n) is 5.38. The summed E-state index contributed by atoms with van der Waals surface area (Å²) < 4.78 is 34.2. The lowest BCUT2D eigenvalue weighted by Crippen LogP contribution is -2.37. The maximum absolute atomic E-state index is 12.7. The lowest BCUT2D eigenvalue weighted by atomic mass is 10.1. The van der Waals surface area contributed by atoms with Gasteiger partial charge in [-0.1, -0.05) is 138 Å². The minimum Gasteiger partial charge on any atom is -0.462 e. The van der Waals surface area contributed by atoms with Crippen molar-refractivity contribution in [1.82, 2.24) is 0 Å². The van der Waals surface area contributed by atoms with Gasteiger partial charge in [-0.15, -0.1) is 0 Å². The van der Waals surface area contributed by atoms with E-state index in [1.165, 1.54) is 25.7 Å². The molecule has 0 saturated carbocycles. The van der Waals surface area contributed by atoms with Crippen LogP contribution in [0.3, 0.4) is 0 Å². The summed E-state index contributed by atoms with van der Waals surface area (Å²) in [6, 6.07) is 0. The summed E-state index contributed by atoms with van der Waals surface area (Å²) in [7, 11) is 1.39. The Balaban J connectivity index is 4.51. The maximum Gasteiger partial charge on any atom is 0.472 e. The first-order chi connectivity index (χ1) is 27.4. The fraction of sp³-hybridized carbons (Fsp3) is 0.696. The van der Waals surface area contributed by atoms with Gasteiger partial charge in [-0.25, -0.2) is 4.57 Å². The summed E-state index contributed by atoms with van der Waals surface area (Å²) in [4.78, 5) is 35.4. The molecule has 0 bridgehead atoms. The molecule has 11 heteroatoms. The number of aliphatic hydroxyl groups excluding tert-OH is 1. The van der Waals surface area contributed by atoms with Gasteiger partial charge in [-0.05, 0) is 70.6 Å². The average Bonchev–Trinajstić information content (AvgIpc) is 3.15. The Hall–Kier alpha value is -2.59. The first-order valence-corrected chi connectivity index (χ1v) is 23.3. The number of unbranched alkanes of at least 4 members (excludes halogenated alkanes) is 11. The molecule has 328 valence electrons. The number of rotatable bonds is 38. The van der Waals surface area contributed by atoms with Crippen LogP contribution < -0.4 is 0 Å². The molecule has 3 atom stereocenters. The number of nitrogens with zero attached hydrogens (tertiary/aromatic N) is 1. The SMILES string of the molecule is CC/C=C/C/C=C/C=C/C(O)CCCCCCCC(=O)O[C@H](COC(=O)CCCCCC/C=C\C/C=C\C/C=C\CCCCC)COP(=O)(O)OCC[N+](C)(C)C. The molecule has 0 aliphatic carbocycles. The topological polar surface area (TPSA) is 129 Å². The van der Waals surface area contributed by atoms with E-state index < -0.39 is 38.6 Å². The summed E-state index contributed by atoms with van der Waals surface area (Å²) in [6.07, 6.45) is 42.5. The van der Waals surface area contributed by atoms with Gasteiger partial charge in [0, 0.05) is 12.8 Å². The van der Waals surface area contributed by atoms with Crippen LogP contribution in [-0.4, -0.2) is 86.1 Å². The van der Waals surface area contributed by atoms with E-state index in [0.29, 0.717) is 30.3 Å². The minimum absolute atomic E-state index is 0.00587. The predicted molar refractivity (Wildman–Crippen MR) is 235 cm³/mol. The van der Waals surface area contributed by atoms with E-state index in [-0.39, 0.29) is 26.1 Å². The number of hydrogen-bond acceptors (Lipinski definition) is 8. The van der Waals surface area contributed by atoms with Crippen molar-refractivity contribution in [3.05, 3.63) is 72.9 Å². The molecule has 0 amide bonds. The summed E-state index contributed by atoms with van der Waals surface area (Å²) in [6.45, 7) is 4.10. The second-order valence-corrected chi connectivity index (χ2v) is 17.0. The molecule has 0 rings (SSSR count). The van der Waals surface area contributed by atoms with Gasteiger partial charge in [0.2, 0.25) is 0 Å². The maximum atomic E-state index is 12.7. The standard InChI is InChI=1S/C46H80NO9P/c1-6-8-10-12-14-15-16-17-18-19-20-21-22-23-25-29-33-37-45(49)53-41-44(42-55-57(51,52)54-40-39-47(3,4)5)56-46(50)38-34-30-26-28-32-36-43(48)35-31-27-24-13-11-9-7-2/h9,11,14-15,17-18,20-21,24,27,31,35,43-44,48H,6-8,10,12-13,16,19,22-23,25-26,28-30,32-34,36-42H2,1-5H3/p+1/b11-9+,15-14-,18-17-,21-20-,27-24+,35-31+/t43?,44-/m1/s1. The number of carbonyl (C=O) groups excluding carboxylic acids is 2. The third-order valence-electron chi connectivity index (χ3n) is 8.82. The van der Waals surface area contributed by atoms with Crippen molar-refractivity contribution < 1.29 is 47.2 Å². The molecule has 0 aromatic rings. The molecule has 57 heavy (non-hydrogen) atoms. The molecule has 0 radical (unpaired) electrons. The molecule has 0 aliphatic rings. The van der Waals surface area contributed by atoms with Gasteiger partial charge in [0.05, 0.1) is 33.9 Å². The Morgan fingerprint density at radius 1 is 0.649 bits per heavy atom. The van der Waals surface area contributed by atoms with E-state index in [9.17, 15) is 24.2 Å². The Morgan fingerprint density at radius 2 is 1.21 bits per heavy atom. The molecule has 0 aromatic carbocycles. The van der Waals surface area contributed by atoms with Gasteiger partial charge in [0.15, 0.2) is 6.10 Å². The van der Waals surface area contributed by atoms with E-state index in [4.69, 9.17) is 18.5 Å². The average molecular weight is 823 g/mol. The number of hydrogen-bond donors (Lipinski definition) is 2. The Kier molecular flexibility index (Phi) is 36.0. The highest BCUT2D eigenvalue weighted by Gasteiger charge is 2.27. The molecule has 0 aliphatic heterocycles. The van der Waals surface area contributed by atoms with Crippen molar-refractivity contribution in [2.24, 2.45) is 0 Å². The zero-order chi connectivity index (χ0) is 42.3. The van der Waals surface area contributed by atoms with Crippen LogP contribution in [0.2, 0.25) is 0 Å². The number of aliphatic hydroxyl groups is 1. The number of esters is 2. The Morgan fingerprint density at radius 3 is 1.86 bits per heavy atom. The van der Waals surface area contributed by atoms with Gasteiger partial charge in [-0.2, -0.15) is 0 Å². The van der Waals surface area contributed by atoms with Crippen LogP contribution in [0.1, 0.15) is 149 Å². The van der Waals surface area contributed by atoms with Crippen LogP contribution in [0.25, 0.3) is 0 Å². The van der Waals surface area contributed by atoms with Gasteiger partial charge in [0.25, 0.3) is 0 Å². The lowest BCUT2D eigenvalue weighted by molar-refractivity contribution is -0.870. The zero-order valence-corrected chi connectivity index (χ0v) is 37.3. The number of phosphoric acid groups is 1. The highest BCUT2D eigenvalue weighted by Crippen LogP contribution is 2.43. The molecule has 0 saturated heterocycles. The second kappa shape index (κ2) is 37.7. The molecule has 0 spiro atoms. The quantitative estimate of drug-likeness (QED) is 0.0156. The van der Waals surface area contributed by atoms with Crippen LogP contribution >= 0.6 is 7.82 Å². The summed E-state index contributed by atoms with van der Waals surface area (Å²) >= 11 is 0. The molecular weight excluding hydrogens is 741 g/mol. The summed E-state index contributed by atoms with van der Waals surface area (Å²) in [5.41, 5.74) is 0. The van der Waals surface area contributed by atoms with E-state index >= 15 is 0 Å². The van der Waals surface area contributed by atoms with Crippen LogP contribution in [0.15, 0.2) is 72.9 Å². The molecule has 0 fully saturated rings. The third kappa shape index (κ3) is 41.4. The van der Waals surface area contributed by atoms with Crippen LogP contribution in [0.5, 0.6) is 0 Å². The molecule has 2 N–H and O–H groups in total. The number of allylic oxidation sites excluding steroid dienone is 11. The molecular formula is C46H81NO9P+. The summed E-state index contributed by atoms with van der Waals surface area (Å²) in [5, 5.41) is 10.2. The predicted octanol–water partition coefficient (Wildman–Crippen LogP) is 11.2. The Labute approximate surface area is 347 Å². The van der Waals surface area contributed by atoms with Crippen molar-refractivity contribution >= 4 is 19.8 Å². The largest absolute Gasteiger partial charge is 0.472 e. The normalized spacial score (nSPS) is 14.9. The third-order valence-corrected chi connectivity index (χ3v) is 9.81. The van der Waals surface area contributed by atoms with Gasteiger partial charge >= 0.3 is 19.8 Å². The van der Waals surface area contributed by atoms with Crippen molar-refractivity contribution in [1.29, 1.82) is 0 Å². The van der Waals surface area contributed by atoms with Gasteiger partial charge in [0.1, 0.15) is 19.8 Å². The first kappa shape index (κ1) is 54.4. The van der Waals surface area contributed by atoms with E-state index in [2.05, 4.69) is 68.5 Å². The number of quaternary nitrogens is 1.